The second kappa shape index (κ2) is 11.5. The van der Waals surface area contributed by atoms with Crippen LogP contribution in [0, 0.1) is 17.2 Å². The van der Waals surface area contributed by atoms with Crippen LogP contribution in [0.25, 0.3) is 10.9 Å². The van der Waals surface area contributed by atoms with Gasteiger partial charge in [-0.15, -0.1) is 0 Å². The third-order valence-corrected chi connectivity index (χ3v) is 11.5. The van der Waals surface area contributed by atoms with Crippen molar-refractivity contribution in [2.45, 2.75) is 61.5 Å². The van der Waals surface area contributed by atoms with E-state index in [-0.39, 0.29) is 16.1 Å². The molecule has 0 amide bonds. The number of nitriles is 1. The van der Waals surface area contributed by atoms with E-state index in [0.717, 1.165) is 23.9 Å². The van der Waals surface area contributed by atoms with Gasteiger partial charge in [0.25, 0.3) is 5.17 Å². The smallest absolute Gasteiger partial charge is 0.269 e. The lowest BCUT2D eigenvalue weighted by atomic mass is 9.98. The van der Waals surface area contributed by atoms with Crippen molar-refractivity contribution in [3.8, 4) is 11.9 Å². The largest absolute Gasteiger partial charge is 0.472 e. The van der Waals surface area contributed by atoms with Gasteiger partial charge in [-0.05, 0) is 74.7 Å². The van der Waals surface area contributed by atoms with Gasteiger partial charge < -0.3 is 14.8 Å². The number of pyridine rings is 1. The lowest BCUT2D eigenvalue weighted by Gasteiger charge is -2.27. The van der Waals surface area contributed by atoms with Crippen LogP contribution in [0.3, 0.4) is 0 Å². The zero-order valence-electron chi connectivity index (χ0n) is 25.2. The van der Waals surface area contributed by atoms with Crippen LogP contribution in [-0.4, -0.2) is 42.7 Å². The molecule has 0 spiro atoms. The normalized spacial score (nSPS) is 18.4. The minimum atomic E-state index is -3.75. The number of ether oxygens (including phenoxy) is 2. The molecule has 0 bridgehead atoms. The summed E-state index contributed by atoms with van der Waals surface area (Å²) in [5, 5.41) is 18.8. The standard InChI is InChI=1S/C33H31N7O4S2/c1-33(2)29(44-32(45)39-17-16-35-20-39)24-18-23(10-11-27(24)46(33,41)42)37-30-28-26(40(38-30)25(12-14-34)22-8-9-22)13-15-36-31(28)43-19-21-6-4-3-5-7-21/h3-7,10-11,13,15-18,20,22,25,29H,8-9,12,19H2,1-2H3,(H,37,38)/t25-,29?/m1/s1. The van der Waals surface area contributed by atoms with Crippen molar-refractivity contribution in [3.63, 3.8) is 0 Å². The Hall–Kier alpha value is -4.80. The van der Waals surface area contributed by atoms with Crippen molar-refractivity contribution in [2.75, 3.05) is 5.32 Å². The molecule has 2 aromatic carbocycles. The number of benzene rings is 2. The van der Waals surface area contributed by atoms with Gasteiger partial charge >= 0.3 is 0 Å². The summed E-state index contributed by atoms with van der Waals surface area (Å²) in [5.41, 5.74) is 2.87. The fraction of sp³-hybridized carbons (Fsp3) is 0.303. The summed E-state index contributed by atoms with van der Waals surface area (Å²) in [6.45, 7) is 3.59. The van der Waals surface area contributed by atoms with Crippen LogP contribution in [0.1, 0.15) is 56.4 Å². The van der Waals surface area contributed by atoms with Crippen molar-refractivity contribution in [3.05, 3.63) is 90.6 Å². The van der Waals surface area contributed by atoms with Crippen LogP contribution in [0.4, 0.5) is 11.5 Å². The first kappa shape index (κ1) is 29.9. The van der Waals surface area contributed by atoms with Gasteiger partial charge in [-0.1, -0.05) is 30.3 Å². The Bertz CT molecular complexity index is 2080. The number of anilines is 2. The third kappa shape index (κ3) is 5.17. The Morgan fingerprint density at radius 1 is 1.17 bits per heavy atom. The monoisotopic (exact) mass is 653 g/mol. The summed E-state index contributed by atoms with van der Waals surface area (Å²) in [4.78, 5) is 8.77. The van der Waals surface area contributed by atoms with Gasteiger partial charge in [-0.25, -0.2) is 18.4 Å². The minimum Gasteiger partial charge on any atom is -0.472 e. The van der Waals surface area contributed by atoms with E-state index in [1.54, 1.807) is 50.6 Å². The molecule has 4 heterocycles. The highest BCUT2D eigenvalue weighted by Gasteiger charge is 2.54. The van der Waals surface area contributed by atoms with Crippen molar-refractivity contribution in [2.24, 2.45) is 5.92 Å². The Morgan fingerprint density at radius 3 is 2.70 bits per heavy atom. The summed E-state index contributed by atoms with van der Waals surface area (Å²) >= 11 is 5.49. The third-order valence-electron chi connectivity index (χ3n) is 8.69. The molecule has 2 atom stereocenters. The number of rotatable bonds is 9. The molecule has 46 heavy (non-hydrogen) atoms. The van der Waals surface area contributed by atoms with Crippen LogP contribution < -0.4 is 10.1 Å². The Balaban J connectivity index is 1.29. The molecule has 0 saturated heterocycles. The van der Waals surface area contributed by atoms with Crippen molar-refractivity contribution in [1.29, 1.82) is 5.26 Å². The molecule has 5 aromatic rings. The second-order valence-corrected chi connectivity index (χ2v) is 14.9. The molecule has 11 nitrogen and oxygen atoms in total. The lowest BCUT2D eigenvalue weighted by molar-refractivity contribution is 0.156. The molecule has 1 aliphatic carbocycles. The number of nitrogens with one attached hydrogen (secondary N) is 1. The van der Waals surface area contributed by atoms with Gasteiger partial charge in [0.1, 0.15) is 29.2 Å². The summed E-state index contributed by atoms with van der Waals surface area (Å²) in [6, 6.07) is 19.0. The van der Waals surface area contributed by atoms with Gasteiger partial charge in [0.15, 0.2) is 15.7 Å². The second-order valence-electron chi connectivity index (χ2n) is 12.1. The van der Waals surface area contributed by atoms with E-state index in [9.17, 15) is 13.7 Å². The van der Waals surface area contributed by atoms with E-state index in [0.29, 0.717) is 47.3 Å². The van der Waals surface area contributed by atoms with Gasteiger partial charge in [-0.2, -0.15) is 10.4 Å². The highest BCUT2D eigenvalue weighted by atomic mass is 32.2. The molecule has 7 rings (SSSR count). The van der Waals surface area contributed by atoms with Crippen LogP contribution in [0.15, 0.2) is 84.4 Å². The van der Waals surface area contributed by atoms with Crippen molar-refractivity contribution in [1.82, 2.24) is 24.3 Å². The SMILES string of the molecule is CC1(C)C(OC(=S)n2ccnc2)c2cc(Nc3nn([C@H](CC#N)C4CC4)c4ccnc(OCc5ccccc5)c34)ccc2S1(=O)=O. The molecular formula is C33H31N7O4S2. The molecule has 234 valence electrons. The van der Waals surface area contributed by atoms with Crippen molar-refractivity contribution >= 4 is 49.6 Å². The zero-order valence-corrected chi connectivity index (χ0v) is 26.8. The molecule has 13 heteroatoms. The number of hydrogen-bond donors (Lipinski definition) is 1. The number of nitrogens with zero attached hydrogens (tertiary/aromatic N) is 6. The van der Waals surface area contributed by atoms with Gasteiger partial charge in [0, 0.05) is 29.8 Å². The number of hydrogen-bond acceptors (Lipinski definition) is 10. The first-order valence-electron chi connectivity index (χ1n) is 14.9. The lowest BCUT2D eigenvalue weighted by Crippen LogP contribution is -2.35. The van der Waals surface area contributed by atoms with Gasteiger partial charge in [0.2, 0.25) is 5.88 Å². The molecule has 1 unspecified atom stereocenters. The topological polar surface area (TPSA) is 137 Å². The van der Waals surface area contributed by atoms with Gasteiger partial charge in [-0.3, -0.25) is 9.25 Å². The zero-order chi connectivity index (χ0) is 32.1. The highest BCUT2D eigenvalue weighted by Crippen LogP contribution is 2.50. The molecule has 2 aliphatic rings. The fourth-order valence-corrected chi connectivity index (χ4v) is 7.96. The van der Waals surface area contributed by atoms with Crippen LogP contribution in [0.5, 0.6) is 5.88 Å². The average molecular weight is 654 g/mol. The number of thiocarbonyl (C=S) groups is 1. The fourth-order valence-electron chi connectivity index (χ4n) is 6.01. The van der Waals surface area contributed by atoms with E-state index in [1.165, 1.54) is 10.9 Å². The predicted octanol–water partition coefficient (Wildman–Crippen LogP) is 6.27. The van der Waals surface area contributed by atoms with Crippen molar-refractivity contribution < 1.29 is 17.9 Å². The number of fused-ring (bicyclic) bond motifs is 2. The summed E-state index contributed by atoms with van der Waals surface area (Å²) in [5.74, 6) is 1.25. The van der Waals surface area contributed by atoms with Crippen LogP contribution >= 0.6 is 12.2 Å². The number of imidazole rings is 1. The van der Waals surface area contributed by atoms with E-state index in [1.807, 2.05) is 41.1 Å². The van der Waals surface area contributed by atoms with Crippen LogP contribution in [-0.2, 0) is 21.2 Å². The van der Waals surface area contributed by atoms with Gasteiger partial charge in [0.05, 0.1) is 28.9 Å². The molecule has 1 N–H and O–H groups in total. The molecule has 3 aromatic heterocycles. The van der Waals surface area contributed by atoms with E-state index in [4.69, 9.17) is 26.8 Å². The Morgan fingerprint density at radius 2 is 1.98 bits per heavy atom. The van der Waals surface area contributed by atoms with Crippen LogP contribution in [0.2, 0.25) is 0 Å². The predicted molar refractivity (Wildman–Crippen MR) is 175 cm³/mol. The Kier molecular flexibility index (Phi) is 7.49. The number of sulfone groups is 1. The molecule has 0 radical (unpaired) electrons. The van der Waals surface area contributed by atoms with E-state index < -0.39 is 20.7 Å². The average Bonchev–Trinajstić information content (AvgIpc) is 3.56. The molecule has 1 aliphatic heterocycles. The maximum absolute atomic E-state index is 13.6. The first-order chi connectivity index (χ1) is 22.2. The maximum Gasteiger partial charge on any atom is 0.269 e. The number of aromatic nitrogens is 5. The summed E-state index contributed by atoms with van der Waals surface area (Å²) in [7, 11) is -3.75. The van der Waals surface area contributed by atoms with E-state index >= 15 is 0 Å². The summed E-state index contributed by atoms with van der Waals surface area (Å²) < 4.78 is 41.8. The summed E-state index contributed by atoms with van der Waals surface area (Å²) in [6.07, 6.45) is 7.94. The highest BCUT2D eigenvalue weighted by molar-refractivity contribution is 7.93. The minimum absolute atomic E-state index is 0.0941. The Labute approximate surface area is 271 Å². The van der Waals surface area contributed by atoms with E-state index in [2.05, 4.69) is 21.4 Å². The molecular weight excluding hydrogens is 623 g/mol. The first-order valence-corrected chi connectivity index (χ1v) is 16.8. The quantitative estimate of drug-likeness (QED) is 0.181. The maximum atomic E-state index is 13.6. The molecule has 1 fully saturated rings. The molecule has 1 saturated carbocycles.